The highest BCUT2D eigenvalue weighted by Crippen LogP contribution is 2.47. The van der Waals surface area contributed by atoms with Crippen LogP contribution in [-0.2, 0) is 23.4 Å². The van der Waals surface area contributed by atoms with Crippen LogP contribution in [0.15, 0.2) is 30.3 Å². The average molecular weight is 397 g/mol. The van der Waals surface area contributed by atoms with E-state index in [1.807, 2.05) is 0 Å². The molecule has 10 heteroatoms. The van der Waals surface area contributed by atoms with Crippen LogP contribution >= 0.6 is 0 Å². The number of aliphatic hydroxyl groups is 1. The highest BCUT2D eigenvalue weighted by molar-refractivity contribution is 6.06. The highest BCUT2D eigenvalue weighted by atomic mass is 19.4. The number of hydrogen-bond acceptors (Lipinski definition) is 4. The van der Waals surface area contributed by atoms with Gasteiger partial charge in [-0.15, -0.1) is 0 Å². The van der Waals surface area contributed by atoms with Gasteiger partial charge >= 0.3 is 18.0 Å². The second-order valence-corrected chi connectivity index (χ2v) is 6.19. The van der Waals surface area contributed by atoms with Crippen LogP contribution in [0, 0.1) is 11.3 Å². The van der Waals surface area contributed by atoms with E-state index in [1.165, 1.54) is 31.2 Å². The molecule has 1 amide bonds. The van der Waals surface area contributed by atoms with Gasteiger partial charge in [-0.2, -0.15) is 27.2 Å². The topological polar surface area (TPSA) is 77.2 Å². The number of rotatable bonds is 3. The van der Waals surface area contributed by atoms with E-state index in [-0.39, 0.29) is 16.9 Å². The monoisotopic (exact) mass is 397 g/mol. The zero-order valence-electron chi connectivity index (χ0n) is 14.3. The van der Waals surface area contributed by atoms with Crippen molar-refractivity contribution in [2.45, 2.75) is 31.7 Å². The number of nitriles is 1. The molecule has 1 N–H and O–H groups in total. The molecule has 0 saturated heterocycles. The smallest absolute Gasteiger partial charge is 0.389 e. The summed E-state index contributed by atoms with van der Waals surface area (Å²) in [6, 6.07) is 6.75. The van der Waals surface area contributed by atoms with Crippen molar-refractivity contribution in [2.24, 2.45) is 0 Å². The molecule has 1 aliphatic rings. The summed E-state index contributed by atoms with van der Waals surface area (Å²) in [6.45, 7) is 0.715. The molecule has 2 aromatic rings. The number of pyridine rings is 1. The molecule has 146 valence electrons. The minimum Gasteiger partial charge on any atom is -0.389 e. The first-order valence-electron chi connectivity index (χ1n) is 7.97. The molecule has 1 aromatic carbocycles. The number of alkyl halides is 5. The molecule has 0 fully saturated rings. The molecule has 2 heterocycles. The minimum absolute atomic E-state index is 0.128. The number of benzene rings is 1. The Morgan fingerprint density at radius 1 is 1.29 bits per heavy atom. The van der Waals surface area contributed by atoms with Gasteiger partial charge in [0.1, 0.15) is 6.07 Å². The van der Waals surface area contributed by atoms with E-state index in [4.69, 9.17) is 5.26 Å². The number of aromatic nitrogens is 1. The molecular weight excluding hydrogens is 385 g/mol. The molecule has 5 nitrogen and oxygen atoms in total. The van der Waals surface area contributed by atoms with Crippen LogP contribution in [-0.4, -0.2) is 16.0 Å². The van der Waals surface area contributed by atoms with E-state index in [9.17, 15) is 31.9 Å². The number of fused-ring (bicyclic) bond motifs is 1. The lowest BCUT2D eigenvalue weighted by atomic mass is 9.98. The summed E-state index contributed by atoms with van der Waals surface area (Å²) in [5, 5.41) is 18.7. The standard InChI is InChI=1S/C18H12F5N3O2/c1-9(27)11-3-2-4-14-15(11)17(19,20)16(28)26(14)8-10-5-6-12(18(21,22)23)13(7-24)25-10/h2-6,9,27H,8H2,1H3/t9-/m0/s1. The molecule has 0 aliphatic carbocycles. The van der Waals surface area contributed by atoms with Crippen LogP contribution < -0.4 is 4.90 Å². The fraction of sp³-hybridized carbons (Fsp3) is 0.278. The molecule has 0 spiro atoms. The van der Waals surface area contributed by atoms with Crippen LogP contribution in [0.3, 0.4) is 0 Å². The number of nitrogens with zero attached hydrogens (tertiary/aromatic N) is 3. The second-order valence-electron chi connectivity index (χ2n) is 6.19. The summed E-state index contributed by atoms with van der Waals surface area (Å²) in [6.07, 6.45) is -6.06. The molecule has 1 atom stereocenters. The number of aliphatic hydroxyl groups excluding tert-OH is 1. The van der Waals surface area contributed by atoms with Crippen LogP contribution in [0.2, 0.25) is 0 Å². The van der Waals surface area contributed by atoms with Crippen molar-refractivity contribution in [3.05, 3.63) is 58.4 Å². The van der Waals surface area contributed by atoms with Crippen molar-refractivity contribution >= 4 is 11.6 Å². The third-order valence-electron chi connectivity index (χ3n) is 4.33. The summed E-state index contributed by atoms with van der Waals surface area (Å²) in [7, 11) is 0. The Labute approximate surface area is 155 Å². The summed E-state index contributed by atoms with van der Waals surface area (Å²) in [4.78, 5) is 16.5. The predicted molar refractivity (Wildman–Crippen MR) is 86.1 cm³/mol. The van der Waals surface area contributed by atoms with Gasteiger partial charge in [-0.05, 0) is 30.7 Å². The van der Waals surface area contributed by atoms with E-state index in [0.717, 1.165) is 6.07 Å². The first-order valence-corrected chi connectivity index (χ1v) is 7.97. The normalized spacial score (nSPS) is 16.6. The Morgan fingerprint density at radius 3 is 2.54 bits per heavy atom. The van der Waals surface area contributed by atoms with Crippen molar-refractivity contribution in [1.29, 1.82) is 5.26 Å². The van der Waals surface area contributed by atoms with E-state index in [1.54, 1.807) is 0 Å². The highest BCUT2D eigenvalue weighted by Gasteiger charge is 2.54. The molecule has 28 heavy (non-hydrogen) atoms. The van der Waals surface area contributed by atoms with E-state index in [2.05, 4.69) is 4.98 Å². The number of halogens is 5. The van der Waals surface area contributed by atoms with Crippen molar-refractivity contribution < 1.29 is 31.9 Å². The lowest BCUT2D eigenvalue weighted by molar-refractivity contribution is -0.142. The lowest BCUT2D eigenvalue weighted by Gasteiger charge is -2.18. The van der Waals surface area contributed by atoms with Gasteiger partial charge in [-0.1, -0.05) is 12.1 Å². The molecule has 0 unspecified atom stereocenters. The van der Waals surface area contributed by atoms with Crippen molar-refractivity contribution in [2.75, 3.05) is 4.90 Å². The maximum Gasteiger partial charge on any atom is 0.419 e. The van der Waals surface area contributed by atoms with Gasteiger partial charge in [0.15, 0.2) is 5.69 Å². The Bertz CT molecular complexity index is 996. The number of anilines is 1. The second kappa shape index (κ2) is 6.53. The number of hydrogen-bond donors (Lipinski definition) is 1. The quantitative estimate of drug-likeness (QED) is 0.802. The third-order valence-corrected chi connectivity index (χ3v) is 4.33. The largest absolute Gasteiger partial charge is 0.419 e. The third kappa shape index (κ3) is 3.07. The summed E-state index contributed by atoms with van der Waals surface area (Å²) in [5.74, 6) is -5.50. The zero-order valence-corrected chi connectivity index (χ0v) is 14.3. The van der Waals surface area contributed by atoms with Crippen molar-refractivity contribution in [1.82, 2.24) is 4.98 Å². The zero-order chi connectivity index (χ0) is 20.9. The van der Waals surface area contributed by atoms with Gasteiger partial charge in [0.2, 0.25) is 0 Å². The summed E-state index contributed by atoms with van der Waals surface area (Å²) >= 11 is 0. The van der Waals surface area contributed by atoms with E-state index in [0.29, 0.717) is 11.0 Å². The average Bonchev–Trinajstić information content (AvgIpc) is 2.81. The fourth-order valence-corrected chi connectivity index (χ4v) is 3.08. The Morgan fingerprint density at radius 2 is 1.96 bits per heavy atom. The number of carbonyl (C=O) groups is 1. The molecule has 1 aromatic heterocycles. The van der Waals surface area contributed by atoms with Gasteiger partial charge in [-0.3, -0.25) is 4.79 Å². The van der Waals surface area contributed by atoms with Gasteiger partial charge in [0.25, 0.3) is 0 Å². The van der Waals surface area contributed by atoms with Gasteiger partial charge in [-0.25, -0.2) is 4.98 Å². The predicted octanol–water partition coefficient (Wildman–Crippen LogP) is 3.66. The first kappa shape index (κ1) is 19.7. The Balaban J connectivity index is 2.05. The SMILES string of the molecule is C[C@H](O)c1cccc2c1C(F)(F)C(=O)N2Cc1ccc(C(F)(F)F)c(C#N)n1. The van der Waals surface area contributed by atoms with Gasteiger partial charge < -0.3 is 10.0 Å². The first-order chi connectivity index (χ1) is 13.0. The molecular formula is C18H12F5N3O2. The molecule has 0 saturated carbocycles. The molecule has 0 radical (unpaired) electrons. The maximum absolute atomic E-state index is 14.5. The Hall–Kier alpha value is -3.06. The lowest BCUT2D eigenvalue weighted by Crippen LogP contribution is -2.34. The summed E-state index contributed by atoms with van der Waals surface area (Å²) < 4.78 is 67.7. The molecule has 1 aliphatic heterocycles. The molecule has 3 rings (SSSR count). The number of carbonyl (C=O) groups excluding carboxylic acids is 1. The number of amides is 1. The Kier molecular flexibility index (Phi) is 4.59. The summed E-state index contributed by atoms with van der Waals surface area (Å²) in [5.41, 5.74) is -3.29. The minimum atomic E-state index is -4.80. The van der Waals surface area contributed by atoms with Crippen LogP contribution in [0.4, 0.5) is 27.6 Å². The van der Waals surface area contributed by atoms with E-state index >= 15 is 0 Å². The fourth-order valence-electron chi connectivity index (χ4n) is 3.08. The molecule has 0 bridgehead atoms. The van der Waals surface area contributed by atoms with Crippen LogP contribution in [0.1, 0.15) is 41.1 Å². The van der Waals surface area contributed by atoms with Gasteiger partial charge in [0, 0.05) is 0 Å². The van der Waals surface area contributed by atoms with Gasteiger partial charge in [0.05, 0.1) is 35.2 Å². The maximum atomic E-state index is 14.5. The van der Waals surface area contributed by atoms with Crippen molar-refractivity contribution in [3.8, 4) is 6.07 Å². The van der Waals surface area contributed by atoms with E-state index < -0.39 is 47.5 Å². The van der Waals surface area contributed by atoms with Crippen molar-refractivity contribution in [3.63, 3.8) is 0 Å². The van der Waals surface area contributed by atoms with Crippen LogP contribution in [0.5, 0.6) is 0 Å². The van der Waals surface area contributed by atoms with Crippen LogP contribution in [0.25, 0.3) is 0 Å².